The van der Waals surface area contributed by atoms with Gasteiger partial charge >= 0.3 is 0 Å². The Bertz CT molecular complexity index is 729. The molecule has 126 valence electrons. The number of para-hydroxylation sites is 2. The Hall–Kier alpha value is -1.88. The van der Waals surface area contributed by atoms with Gasteiger partial charge in [-0.3, -0.25) is 0 Å². The van der Waals surface area contributed by atoms with Crippen LogP contribution in [0.2, 0.25) is 0 Å². The highest BCUT2D eigenvalue weighted by atomic mass is 79.9. The predicted molar refractivity (Wildman–Crippen MR) is 100 cm³/mol. The minimum absolute atomic E-state index is 0.302. The molecule has 5 heteroatoms. The van der Waals surface area contributed by atoms with Crippen molar-refractivity contribution >= 4 is 27.3 Å². The number of piperidine rings is 1. The van der Waals surface area contributed by atoms with Gasteiger partial charge < -0.3 is 19.7 Å². The van der Waals surface area contributed by atoms with Gasteiger partial charge in [-0.1, -0.05) is 28.1 Å². The lowest BCUT2D eigenvalue weighted by Crippen LogP contribution is -2.30. The molecule has 0 spiro atoms. The van der Waals surface area contributed by atoms with Crippen molar-refractivity contribution < 1.29 is 9.47 Å². The summed E-state index contributed by atoms with van der Waals surface area (Å²) >= 11 is 3.63. The molecular formula is C19H21BrN2O2. The monoisotopic (exact) mass is 388 g/mol. The van der Waals surface area contributed by atoms with Crippen molar-refractivity contribution in [3.8, 4) is 11.5 Å². The molecule has 1 N–H and O–H groups in total. The summed E-state index contributed by atoms with van der Waals surface area (Å²) in [6, 6.07) is 12.6. The summed E-state index contributed by atoms with van der Waals surface area (Å²) in [5, 5.41) is 3.59. The van der Waals surface area contributed by atoms with Gasteiger partial charge in [0.15, 0.2) is 11.5 Å². The van der Waals surface area contributed by atoms with Crippen LogP contribution in [0.4, 0.5) is 11.4 Å². The number of fused-ring (bicyclic) bond motifs is 1. The van der Waals surface area contributed by atoms with Gasteiger partial charge in [-0.25, -0.2) is 0 Å². The van der Waals surface area contributed by atoms with Crippen LogP contribution >= 0.6 is 15.9 Å². The Balaban J connectivity index is 1.52. The highest BCUT2D eigenvalue weighted by Crippen LogP contribution is 2.37. The third-order valence-corrected chi connectivity index (χ3v) is 5.35. The van der Waals surface area contributed by atoms with Crippen molar-refractivity contribution in [2.24, 2.45) is 0 Å². The van der Waals surface area contributed by atoms with E-state index in [1.165, 1.54) is 30.6 Å². The van der Waals surface area contributed by atoms with Crippen LogP contribution in [0.15, 0.2) is 40.9 Å². The minimum atomic E-state index is 0.302. The maximum absolute atomic E-state index is 5.49. The Morgan fingerprint density at radius 2 is 1.75 bits per heavy atom. The molecular weight excluding hydrogens is 368 g/mol. The minimum Gasteiger partial charge on any atom is -0.454 e. The summed E-state index contributed by atoms with van der Waals surface area (Å²) in [6.45, 7) is 3.33. The van der Waals surface area contributed by atoms with E-state index >= 15 is 0 Å². The third kappa shape index (κ3) is 3.18. The van der Waals surface area contributed by atoms with E-state index in [9.17, 15) is 0 Å². The number of benzene rings is 2. The molecule has 4 nitrogen and oxygen atoms in total. The zero-order chi connectivity index (χ0) is 16.4. The fourth-order valence-electron chi connectivity index (χ4n) is 3.32. The molecule has 0 saturated carbocycles. The molecule has 2 heterocycles. The molecule has 24 heavy (non-hydrogen) atoms. The van der Waals surface area contributed by atoms with E-state index in [2.05, 4.69) is 50.4 Å². The number of hydrogen-bond donors (Lipinski definition) is 1. The molecule has 0 bridgehead atoms. The van der Waals surface area contributed by atoms with Crippen LogP contribution < -0.4 is 19.7 Å². The summed E-state index contributed by atoms with van der Waals surface area (Å²) in [6.07, 6.45) is 3.90. The average molecular weight is 389 g/mol. The van der Waals surface area contributed by atoms with Crippen molar-refractivity contribution in [2.75, 3.05) is 30.1 Å². The van der Waals surface area contributed by atoms with Gasteiger partial charge in [-0.05, 0) is 49.1 Å². The Kier molecular flexibility index (Phi) is 4.52. The molecule has 2 aliphatic rings. The van der Waals surface area contributed by atoms with Crippen LogP contribution in [-0.4, -0.2) is 19.9 Å². The van der Waals surface area contributed by atoms with Gasteiger partial charge in [-0.2, -0.15) is 0 Å². The summed E-state index contributed by atoms with van der Waals surface area (Å²) < 4.78 is 11.9. The molecule has 4 rings (SSSR count). The van der Waals surface area contributed by atoms with E-state index in [-0.39, 0.29) is 0 Å². The van der Waals surface area contributed by atoms with E-state index in [1.807, 2.05) is 12.1 Å². The number of anilines is 2. The smallest absolute Gasteiger partial charge is 0.231 e. The fourth-order valence-corrected chi connectivity index (χ4v) is 3.78. The Morgan fingerprint density at radius 1 is 1.00 bits per heavy atom. The second-order valence-electron chi connectivity index (χ2n) is 6.22. The molecule has 0 radical (unpaired) electrons. The number of hydrogen-bond acceptors (Lipinski definition) is 4. The molecule has 0 amide bonds. The topological polar surface area (TPSA) is 33.7 Å². The Labute approximate surface area is 150 Å². The predicted octanol–water partition coefficient (Wildman–Crippen LogP) is 4.78. The molecule has 1 fully saturated rings. The normalized spacial score (nSPS) is 16.3. The highest BCUT2D eigenvalue weighted by Gasteiger charge is 2.17. The molecule has 2 aromatic rings. The maximum atomic E-state index is 5.49. The number of nitrogens with one attached hydrogen (secondary N) is 1. The quantitative estimate of drug-likeness (QED) is 0.816. The zero-order valence-electron chi connectivity index (χ0n) is 13.6. The number of halogens is 1. The van der Waals surface area contributed by atoms with Crippen molar-refractivity contribution in [1.82, 2.24) is 0 Å². The zero-order valence-corrected chi connectivity index (χ0v) is 15.1. The van der Waals surface area contributed by atoms with E-state index in [0.717, 1.165) is 41.2 Å². The molecule has 0 aromatic heterocycles. The lowest BCUT2D eigenvalue weighted by Gasteiger charge is -2.30. The van der Waals surface area contributed by atoms with E-state index < -0.39 is 0 Å². The van der Waals surface area contributed by atoms with E-state index in [0.29, 0.717) is 6.79 Å². The van der Waals surface area contributed by atoms with Gasteiger partial charge in [-0.15, -0.1) is 0 Å². The third-order valence-electron chi connectivity index (χ3n) is 4.61. The van der Waals surface area contributed by atoms with Crippen molar-refractivity contribution in [1.29, 1.82) is 0 Å². The summed E-state index contributed by atoms with van der Waals surface area (Å²) in [5.41, 5.74) is 3.64. The first-order chi connectivity index (χ1) is 11.8. The molecule has 1 saturated heterocycles. The largest absolute Gasteiger partial charge is 0.454 e. The van der Waals surface area contributed by atoms with Crippen LogP contribution in [0.5, 0.6) is 11.5 Å². The van der Waals surface area contributed by atoms with Crippen LogP contribution in [0.3, 0.4) is 0 Å². The number of rotatable bonds is 4. The van der Waals surface area contributed by atoms with Gasteiger partial charge in [0.05, 0.1) is 11.4 Å². The van der Waals surface area contributed by atoms with Gasteiger partial charge in [0.1, 0.15) is 0 Å². The molecule has 0 atom stereocenters. The standard InChI is InChI=1S/C19H21BrN2O2/c20-15-11-19-18(23-13-24-19)10-14(15)12-21-16-6-2-3-7-17(16)22-8-4-1-5-9-22/h2-3,6-7,10-11,21H,1,4-5,8-9,12-13H2. The van der Waals surface area contributed by atoms with Crippen LogP contribution in [0.1, 0.15) is 24.8 Å². The second-order valence-corrected chi connectivity index (χ2v) is 7.07. The average Bonchev–Trinajstić information content (AvgIpc) is 3.08. The molecule has 0 aliphatic carbocycles. The maximum Gasteiger partial charge on any atom is 0.231 e. The van der Waals surface area contributed by atoms with Crippen molar-refractivity contribution in [3.05, 3.63) is 46.4 Å². The van der Waals surface area contributed by atoms with E-state index in [1.54, 1.807) is 0 Å². The SMILES string of the molecule is Brc1cc2c(cc1CNc1ccccc1N1CCCCC1)OCO2. The lowest BCUT2D eigenvalue weighted by atomic mass is 10.1. The molecule has 2 aliphatic heterocycles. The summed E-state index contributed by atoms with van der Waals surface area (Å²) in [4.78, 5) is 2.49. The fraction of sp³-hybridized carbons (Fsp3) is 0.368. The van der Waals surface area contributed by atoms with Crippen LogP contribution in [-0.2, 0) is 6.54 Å². The first-order valence-corrected chi connectivity index (χ1v) is 9.26. The van der Waals surface area contributed by atoms with Crippen LogP contribution in [0.25, 0.3) is 0 Å². The summed E-state index contributed by atoms with van der Waals surface area (Å²) in [5.74, 6) is 1.62. The van der Waals surface area contributed by atoms with Gasteiger partial charge in [0.25, 0.3) is 0 Å². The van der Waals surface area contributed by atoms with E-state index in [4.69, 9.17) is 9.47 Å². The van der Waals surface area contributed by atoms with Gasteiger partial charge in [0, 0.05) is 24.1 Å². The lowest BCUT2D eigenvalue weighted by molar-refractivity contribution is 0.174. The molecule has 0 unspecified atom stereocenters. The first-order valence-electron chi connectivity index (χ1n) is 8.47. The Morgan fingerprint density at radius 3 is 2.58 bits per heavy atom. The van der Waals surface area contributed by atoms with Crippen molar-refractivity contribution in [2.45, 2.75) is 25.8 Å². The highest BCUT2D eigenvalue weighted by molar-refractivity contribution is 9.10. The van der Waals surface area contributed by atoms with Crippen molar-refractivity contribution in [3.63, 3.8) is 0 Å². The number of ether oxygens (including phenoxy) is 2. The second kappa shape index (κ2) is 6.93. The number of nitrogens with zero attached hydrogens (tertiary/aromatic N) is 1. The molecule has 2 aromatic carbocycles. The summed E-state index contributed by atoms with van der Waals surface area (Å²) in [7, 11) is 0. The van der Waals surface area contributed by atoms with Gasteiger partial charge in [0.2, 0.25) is 6.79 Å². The first kappa shape index (κ1) is 15.6. The van der Waals surface area contributed by atoms with Crippen LogP contribution in [0, 0.1) is 0 Å².